The number of fused-ring (bicyclic) bond motifs is 1. The van der Waals surface area contributed by atoms with Crippen molar-refractivity contribution in [1.82, 2.24) is 9.21 Å². The standard InChI is InChI=1S/C33H43N3O8S/c1-6-36(7-2)45(41,42)22-11-13-25(43-5)23(17-22)34-31(39)19(3)28(38)30-33-14-15-35(18-20-8-9-20)26(32(33,4)40)16-21-10-12-24(37)29(44-30)27(21)33/h10-13,17,20,26,30,37-38,40H,6-9,14-16,18H2,1-5H3,(H,34,39)/b28-19-/t26-,30+,32-,33+/m1/s1. The summed E-state index contributed by atoms with van der Waals surface area (Å²) in [6.45, 7) is 8.88. The number of carbonyl (C=O) groups excluding carboxylic acids is 1. The summed E-state index contributed by atoms with van der Waals surface area (Å²) in [5, 5.41) is 37.8. The van der Waals surface area contributed by atoms with Gasteiger partial charge in [0.15, 0.2) is 17.6 Å². The van der Waals surface area contributed by atoms with Gasteiger partial charge < -0.3 is 30.1 Å². The summed E-state index contributed by atoms with van der Waals surface area (Å²) in [5.41, 5.74) is -0.766. The lowest BCUT2D eigenvalue weighted by molar-refractivity contribution is -0.153. The van der Waals surface area contributed by atoms with E-state index in [-0.39, 0.29) is 58.3 Å². The summed E-state index contributed by atoms with van der Waals surface area (Å²) in [6, 6.07) is 7.45. The molecule has 1 saturated heterocycles. The van der Waals surface area contributed by atoms with Gasteiger partial charge in [-0.05, 0) is 81.8 Å². The van der Waals surface area contributed by atoms with Gasteiger partial charge in [0.05, 0.1) is 34.3 Å². The maximum absolute atomic E-state index is 13.7. The number of aliphatic hydroxyl groups excluding tert-OH is 1. The van der Waals surface area contributed by atoms with Gasteiger partial charge in [-0.2, -0.15) is 4.31 Å². The molecule has 4 aliphatic rings. The lowest BCUT2D eigenvalue weighted by Gasteiger charge is -2.59. The van der Waals surface area contributed by atoms with Crippen LogP contribution in [0, 0.1) is 5.92 Å². The molecule has 2 bridgehead atoms. The first-order valence-corrected chi connectivity index (χ1v) is 17.1. The van der Waals surface area contributed by atoms with E-state index in [1.807, 2.05) is 6.07 Å². The Balaban J connectivity index is 1.37. The van der Waals surface area contributed by atoms with Crippen molar-refractivity contribution in [2.45, 2.75) is 81.4 Å². The van der Waals surface area contributed by atoms with E-state index in [2.05, 4.69) is 10.2 Å². The van der Waals surface area contributed by atoms with E-state index in [1.165, 1.54) is 49.4 Å². The van der Waals surface area contributed by atoms with E-state index in [0.717, 1.165) is 12.1 Å². The first kappa shape index (κ1) is 31.7. The first-order chi connectivity index (χ1) is 21.3. The molecule has 2 aliphatic carbocycles. The van der Waals surface area contributed by atoms with Crippen LogP contribution in [0.25, 0.3) is 0 Å². The summed E-state index contributed by atoms with van der Waals surface area (Å²) in [7, 11) is -2.41. The van der Waals surface area contributed by atoms with Crippen molar-refractivity contribution < 1.29 is 38.0 Å². The second kappa shape index (κ2) is 11.2. The number of aliphatic hydroxyl groups is 2. The van der Waals surface area contributed by atoms with Crippen molar-refractivity contribution in [1.29, 1.82) is 0 Å². The van der Waals surface area contributed by atoms with Gasteiger partial charge in [-0.3, -0.25) is 9.69 Å². The van der Waals surface area contributed by atoms with Gasteiger partial charge in [-0.15, -0.1) is 0 Å². The predicted molar refractivity (Wildman–Crippen MR) is 168 cm³/mol. The summed E-state index contributed by atoms with van der Waals surface area (Å²) in [4.78, 5) is 16.0. The highest BCUT2D eigenvalue weighted by Crippen LogP contribution is 2.63. The molecular weight excluding hydrogens is 598 g/mol. The molecule has 4 atom stereocenters. The molecule has 1 amide bonds. The molecule has 1 saturated carbocycles. The molecule has 1 spiro atoms. The summed E-state index contributed by atoms with van der Waals surface area (Å²) in [5.74, 6) is -0.0519. The van der Waals surface area contributed by atoms with E-state index < -0.39 is 33.1 Å². The number of benzene rings is 2. The Morgan fingerprint density at radius 3 is 2.56 bits per heavy atom. The fourth-order valence-electron chi connectivity index (χ4n) is 7.76. The Kier molecular flexibility index (Phi) is 7.87. The van der Waals surface area contributed by atoms with Crippen molar-refractivity contribution in [2.24, 2.45) is 5.92 Å². The van der Waals surface area contributed by atoms with Crippen LogP contribution in [0.5, 0.6) is 17.2 Å². The predicted octanol–water partition coefficient (Wildman–Crippen LogP) is 3.69. The number of ether oxygens (including phenoxy) is 2. The first-order valence-electron chi connectivity index (χ1n) is 15.7. The molecule has 0 radical (unpaired) electrons. The molecule has 0 unspecified atom stereocenters. The molecule has 0 aromatic heterocycles. The third-order valence-electron chi connectivity index (χ3n) is 10.5. The quantitative estimate of drug-likeness (QED) is 0.225. The molecule has 2 aromatic rings. The number of nitrogens with one attached hydrogen (secondary N) is 1. The highest BCUT2D eigenvalue weighted by molar-refractivity contribution is 7.89. The molecule has 2 heterocycles. The normalized spacial score (nSPS) is 27.9. The van der Waals surface area contributed by atoms with Crippen LogP contribution in [0.3, 0.4) is 0 Å². The molecule has 6 rings (SSSR count). The largest absolute Gasteiger partial charge is 0.508 e. The van der Waals surface area contributed by atoms with Crippen LogP contribution in [0.2, 0.25) is 0 Å². The number of amides is 1. The van der Waals surface area contributed by atoms with E-state index in [0.29, 0.717) is 30.9 Å². The smallest absolute Gasteiger partial charge is 0.254 e. The van der Waals surface area contributed by atoms with Crippen LogP contribution >= 0.6 is 0 Å². The average molecular weight is 642 g/mol. The monoisotopic (exact) mass is 641 g/mol. The van der Waals surface area contributed by atoms with Crippen LogP contribution in [0.15, 0.2) is 46.6 Å². The summed E-state index contributed by atoms with van der Waals surface area (Å²) in [6.07, 6.45) is 2.27. The number of nitrogens with zero attached hydrogens (tertiary/aromatic N) is 2. The molecular formula is C33H43N3O8S. The van der Waals surface area contributed by atoms with Gasteiger partial charge in [-0.1, -0.05) is 19.9 Å². The SMILES string of the molecule is CCN(CC)S(=O)(=O)c1ccc(OC)c(NC(=O)/C(C)=C(\O)[C@@H]2Oc3c(O)ccc4c3[C@@]23CCN(CC2CC2)[C@H](C4)[C@@]3(C)O)c1. The number of anilines is 1. The zero-order valence-corrected chi connectivity index (χ0v) is 27.3. The van der Waals surface area contributed by atoms with Crippen LogP contribution in [0.1, 0.15) is 58.1 Å². The van der Waals surface area contributed by atoms with Gasteiger partial charge in [0.1, 0.15) is 11.5 Å². The van der Waals surface area contributed by atoms with Gasteiger partial charge in [0.2, 0.25) is 10.0 Å². The number of aromatic hydroxyl groups is 1. The zero-order chi connectivity index (χ0) is 32.5. The topological polar surface area (TPSA) is 149 Å². The lowest BCUT2D eigenvalue weighted by Crippen LogP contribution is -2.73. The molecule has 2 aromatic carbocycles. The van der Waals surface area contributed by atoms with Crippen molar-refractivity contribution in [3.8, 4) is 17.2 Å². The minimum atomic E-state index is -3.82. The number of hydrogen-bond donors (Lipinski definition) is 4. The maximum Gasteiger partial charge on any atom is 0.254 e. The Bertz CT molecular complexity index is 1660. The number of phenolic OH excluding ortho intramolecular Hbond substituents is 1. The van der Waals surface area contributed by atoms with Crippen molar-refractivity contribution in [3.63, 3.8) is 0 Å². The second-order valence-electron chi connectivity index (χ2n) is 12.9. The van der Waals surface area contributed by atoms with Gasteiger partial charge in [0, 0.05) is 31.2 Å². The average Bonchev–Trinajstić information content (AvgIpc) is 3.75. The van der Waals surface area contributed by atoms with E-state index in [1.54, 1.807) is 26.8 Å². The van der Waals surface area contributed by atoms with Crippen molar-refractivity contribution in [2.75, 3.05) is 38.6 Å². The molecule has 244 valence electrons. The zero-order valence-electron chi connectivity index (χ0n) is 26.5. The van der Waals surface area contributed by atoms with E-state index in [9.17, 15) is 28.5 Å². The number of methoxy groups -OCH3 is 1. The summed E-state index contributed by atoms with van der Waals surface area (Å²) >= 11 is 0. The minimum Gasteiger partial charge on any atom is -0.508 e. The number of hydrogen-bond acceptors (Lipinski definition) is 9. The Labute approximate surface area is 264 Å². The number of piperidine rings is 1. The number of phenols is 1. The highest BCUT2D eigenvalue weighted by atomic mass is 32.2. The summed E-state index contributed by atoms with van der Waals surface area (Å²) < 4.78 is 39.4. The molecule has 2 aliphatic heterocycles. The minimum absolute atomic E-state index is 0.00752. The van der Waals surface area contributed by atoms with E-state index in [4.69, 9.17) is 9.47 Å². The lowest BCUT2D eigenvalue weighted by atomic mass is 9.53. The van der Waals surface area contributed by atoms with Crippen molar-refractivity contribution >= 4 is 21.6 Å². The Morgan fingerprint density at radius 2 is 1.91 bits per heavy atom. The van der Waals surface area contributed by atoms with Crippen LogP contribution < -0.4 is 14.8 Å². The molecule has 2 fully saturated rings. The Morgan fingerprint density at radius 1 is 1.20 bits per heavy atom. The fraction of sp³-hybridized carbons (Fsp3) is 0.545. The second-order valence-corrected chi connectivity index (χ2v) is 14.8. The van der Waals surface area contributed by atoms with Crippen LogP contribution in [-0.2, 0) is 26.7 Å². The third kappa shape index (κ3) is 4.79. The number of rotatable bonds is 10. The maximum atomic E-state index is 13.7. The highest BCUT2D eigenvalue weighted by Gasteiger charge is 2.69. The number of likely N-dealkylation sites (tertiary alicyclic amines) is 1. The third-order valence-corrected chi connectivity index (χ3v) is 12.5. The van der Waals surface area contributed by atoms with Gasteiger partial charge in [-0.25, -0.2) is 8.42 Å². The molecule has 45 heavy (non-hydrogen) atoms. The molecule has 12 heteroatoms. The Hall–Kier alpha value is -3.32. The molecule has 4 N–H and O–H groups in total. The van der Waals surface area contributed by atoms with Gasteiger partial charge >= 0.3 is 0 Å². The fourth-order valence-corrected chi connectivity index (χ4v) is 9.24. The number of carbonyl (C=O) groups is 1. The van der Waals surface area contributed by atoms with Gasteiger partial charge in [0.25, 0.3) is 5.91 Å². The van der Waals surface area contributed by atoms with Crippen LogP contribution in [0.4, 0.5) is 5.69 Å². The number of sulfonamides is 1. The van der Waals surface area contributed by atoms with Crippen LogP contribution in [-0.4, -0.2) is 89.9 Å². The van der Waals surface area contributed by atoms with E-state index >= 15 is 0 Å². The molecule has 11 nitrogen and oxygen atoms in total. The van der Waals surface area contributed by atoms with Crippen molar-refractivity contribution in [3.05, 3.63) is 52.8 Å².